The Morgan fingerprint density at radius 2 is 0.581 bits per heavy atom. The Hall–Kier alpha value is -7.52. The number of aromatic nitrogens is 2. The first-order chi connectivity index (χ1) is 30.3. The molecular weight excluding hydrogens is 805 g/mol. The lowest BCUT2D eigenvalue weighted by Crippen LogP contribution is -2.02. The van der Waals surface area contributed by atoms with E-state index in [1.54, 1.807) is 84.9 Å². The highest BCUT2D eigenvalue weighted by Crippen LogP contribution is 2.52. The van der Waals surface area contributed by atoms with Crippen LogP contribution in [0, 0.1) is 0 Å². The Kier molecular flexibility index (Phi) is 8.82. The molecule has 0 aliphatic carbocycles. The topological polar surface area (TPSA) is 78.1 Å². The number of nitrogens with zero attached hydrogens (tertiary/aromatic N) is 2. The molecule has 9 aromatic carbocycles. The van der Waals surface area contributed by atoms with Gasteiger partial charge in [0.05, 0.1) is 41.6 Å². The van der Waals surface area contributed by atoms with Crippen LogP contribution < -0.4 is 0 Å². The summed E-state index contributed by atoms with van der Waals surface area (Å²) in [5, 5.41) is 3.98. The molecule has 6 nitrogen and oxygen atoms in total. The molecule has 0 aliphatic rings. The standard InChI is InChI=1S/C54H36N2O4S2/c57-61(58,41-21-9-3-10-22-41)43-33-29-37(30-34-43)49-52-46-26-14-16-28-48(46)56(40-19-7-2-8-20-40)54(52)50(38-31-35-44(36-32-38)62(59,60)42-23-11-4-12-24-42)51-45-25-13-15-27-47(45)55(53(49)51)39-17-5-1-6-18-39/h1-36H. The summed E-state index contributed by atoms with van der Waals surface area (Å²) in [7, 11) is -7.58. The van der Waals surface area contributed by atoms with Gasteiger partial charge in [0.15, 0.2) is 0 Å². The maximum absolute atomic E-state index is 13.9. The summed E-state index contributed by atoms with van der Waals surface area (Å²) in [6, 6.07) is 68.9. The van der Waals surface area contributed by atoms with Crippen LogP contribution in [0.4, 0.5) is 0 Å². The van der Waals surface area contributed by atoms with E-state index in [1.807, 2.05) is 72.8 Å². The molecule has 0 spiro atoms. The van der Waals surface area contributed by atoms with E-state index in [0.717, 1.165) is 77.2 Å². The summed E-state index contributed by atoms with van der Waals surface area (Å²) in [5.74, 6) is 0. The minimum Gasteiger partial charge on any atom is -0.309 e. The number of hydrogen-bond acceptors (Lipinski definition) is 4. The summed E-state index contributed by atoms with van der Waals surface area (Å²) in [6.45, 7) is 0. The van der Waals surface area contributed by atoms with Crippen molar-refractivity contribution >= 4 is 63.3 Å². The zero-order valence-corrected chi connectivity index (χ0v) is 34.8. The monoisotopic (exact) mass is 840 g/mol. The number of rotatable bonds is 8. The second kappa shape index (κ2) is 14.6. The number of fused-ring (bicyclic) bond motifs is 6. The van der Waals surface area contributed by atoms with Crippen molar-refractivity contribution in [2.75, 3.05) is 0 Å². The molecule has 0 radical (unpaired) electrons. The van der Waals surface area contributed by atoms with Crippen molar-refractivity contribution in [3.8, 4) is 33.6 Å². The first kappa shape index (κ1) is 37.5. The summed E-state index contributed by atoms with van der Waals surface area (Å²) in [5.41, 5.74) is 9.36. The molecule has 0 amide bonds. The second-order valence-electron chi connectivity index (χ2n) is 15.3. The van der Waals surface area contributed by atoms with E-state index < -0.39 is 19.7 Å². The molecule has 2 heterocycles. The molecule has 0 unspecified atom stereocenters. The van der Waals surface area contributed by atoms with E-state index in [-0.39, 0.29) is 19.6 Å². The summed E-state index contributed by atoms with van der Waals surface area (Å²) in [4.78, 5) is 0.883. The van der Waals surface area contributed by atoms with Gasteiger partial charge in [-0.25, -0.2) is 16.8 Å². The highest BCUT2D eigenvalue weighted by Gasteiger charge is 2.29. The van der Waals surface area contributed by atoms with Crippen molar-refractivity contribution in [1.82, 2.24) is 9.13 Å². The van der Waals surface area contributed by atoms with Crippen molar-refractivity contribution in [3.05, 3.63) is 218 Å². The number of benzene rings is 9. The van der Waals surface area contributed by atoms with Crippen LogP contribution in [0.25, 0.3) is 77.2 Å². The molecule has 0 saturated carbocycles. The molecule has 0 bridgehead atoms. The summed E-state index contributed by atoms with van der Waals surface area (Å²) >= 11 is 0. The van der Waals surface area contributed by atoms with Gasteiger partial charge < -0.3 is 9.13 Å². The fourth-order valence-electron chi connectivity index (χ4n) is 9.02. The highest BCUT2D eigenvalue weighted by atomic mass is 32.2. The third-order valence-electron chi connectivity index (χ3n) is 11.8. The third kappa shape index (κ3) is 5.83. The number of sulfone groups is 2. The van der Waals surface area contributed by atoms with E-state index in [2.05, 4.69) is 69.8 Å². The van der Waals surface area contributed by atoms with Gasteiger partial charge in [-0.15, -0.1) is 0 Å². The predicted octanol–water partition coefficient (Wildman–Crippen LogP) is 12.9. The Labute approximate surface area is 359 Å². The lowest BCUT2D eigenvalue weighted by atomic mass is 9.90. The largest absolute Gasteiger partial charge is 0.309 e. The quantitative estimate of drug-likeness (QED) is 0.153. The molecule has 0 fully saturated rings. The molecule has 11 aromatic rings. The fourth-order valence-corrected chi connectivity index (χ4v) is 11.6. The Balaban J connectivity index is 1.32. The molecule has 8 heteroatoms. The Morgan fingerprint density at radius 3 is 0.935 bits per heavy atom. The molecule has 0 aliphatic heterocycles. The van der Waals surface area contributed by atoms with Gasteiger partial charge in [-0.1, -0.05) is 133 Å². The van der Waals surface area contributed by atoms with Gasteiger partial charge in [0.25, 0.3) is 0 Å². The van der Waals surface area contributed by atoms with Gasteiger partial charge in [0.2, 0.25) is 19.7 Å². The summed E-state index contributed by atoms with van der Waals surface area (Å²) in [6.07, 6.45) is 0. The zero-order valence-electron chi connectivity index (χ0n) is 33.1. The first-order valence-electron chi connectivity index (χ1n) is 20.3. The van der Waals surface area contributed by atoms with Crippen molar-refractivity contribution < 1.29 is 16.8 Å². The van der Waals surface area contributed by atoms with Gasteiger partial charge >= 0.3 is 0 Å². The molecule has 2 aromatic heterocycles. The van der Waals surface area contributed by atoms with Crippen molar-refractivity contribution in [2.24, 2.45) is 0 Å². The van der Waals surface area contributed by atoms with E-state index in [0.29, 0.717) is 0 Å². The smallest absolute Gasteiger partial charge is 0.206 e. The van der Waals surface area contributed by atoms with Crippen LogP contribution in [0.2, 0.25) is 0 Å². The van der Waals surface area contributed by atoms with Gasteiger partial charge in [0, 0.05) is 44.0 Å². The van der Waals surface area contributed by atoms with Gasteiger partial charge in [-0.05, 0) is 96.1 Å². The van der Waals surface area contributed by atoms with Crippen LogP contribution >= 0.6 is 0 Å². The average Bonchev–Trinajstić information content (AvgIpc) is 3.85. The minimum atomic E-state index is -3.79. The number of hydrogen-bond donors (Lipinski definition) is 0. The van der Waals surface area contributed by atoms with Crippen LogP contribution in [0.1, 0.15) is 0 Å². The van der Waals surface area contributed by atoms with Crippen LogP contribution in [-0.2, 0) is 19.7 Å². The first-order valence-corrected chi connectivity index (χ1v) is 23.2. The number of para-hydroxylation sites is 4. The molecule has 0 saturated heterocycles. The Morgan fingerprint density at radius 1 is 0.290 bits per heavy atom. The Bertz CT molecular complexity index is 3470. The van der Waals surface area contributed by atoms with Crippen LogP contribution in [-0.4, -0.2) is 26.0 Å². The molecular formula is C54H36N2O4S2. The lowest BCUT2D eigenvalue weighted by molar-refractivity contribution is 0.594. The van der Waals surface area contributed by atoms with Crippen molar-refractivity contribution in [3.63, 3.8) is 0 Å². The van der Waals surface area contributed by atoms with E-state index in [4.69, 9.17) is 0 Å². The molecule has 0 N–H and O–H groups in total. The molecule has 62 heavy (non-hydrogen) atoms. The second-order valence-corrected chi connectivity index (χ2v) is 19.2. The van der Waals surface area contributed by atoms with E-state index in [9.17, 15) is 16.8 Å². The van der Waals surface area contributed by atoms with Crippen LogP contribution in [0.3, 0.4) is 0 Å². The SMILES string of the molecule is O=S(=O)(c1ccccc1)c1ccc(-c2c3c4ccccc4n(-c4ccccc4)c3c(-c3ccc(S(=O)(=O)c4ccccc4)cc3)c3c4ccccc4n(-c4ccccc4)c23)cc1. The average molecular weight is 841 g/mol. The van der Waals surface area contributed by atoms with Gasteiger partial charge in [-0.2, -0.15) is 0 Å². The normalized spacial score (nSPS) is 12.1. The van der Waals surface area contributed by atoms with Crippen LogP contribution in [0.5, 0.6) is 0 Å². The van der Waals surface area contributed by atoms with E-state index in [1.165, 1.54) is 0 Å². The minimum absolute atomic E-state index is 0.206. The molecule has 0 atom stereocenters. The van der Waals surface area contributed by atoms with Crippen molar-refractivity contribution in [2.45, 2.75) is 19.6 Å². The molecule has 11 rings (SSSR count). The predicted molar refractivity (Wildman–Crippen MR) is 250 cm³/mol. The van der Waals surface area contributed by atoms with Gasteiger partial charge in [-0.3, -0.25) is 0 Å². The lowest BCUT2D eigenvalue weighted by Gasteiger charge is -2.19. The summed E-state index contributed by atoms with van der Waals surface area (Å²) < 4.78 is 60.3. The third-order valence-corrected chi connectivity index (χ3v) is 15.3. The maximum atomic E-state index is 13.9. The fraction of sp³-hybridized carbons (Fsp3) is 0. The zero-order chi connectivity index (χ0) is 42.0. The van der Waals surface area contributed by atoms with Crippen molar-refractivity contribution in [1.29, 1.82) is 0 Å². The van der Waals surface area contributed by atoms with Gasteiger partial charge in [0.1, 0.15) is 0 Å². The van der Waals surface area contributed by atoms with E-state index >= 15 is 0 Å². The molecule has 298 valence electrons. The maximum Gasteiger partial charge on any atom is 0.206 e. The van der Waals surface area contributed by atoms with Crippen LogP contribution in [0.15, 0.2) is 238 Å². The highest BCUT2D eigenvalue weighted by molar-refractivity contribution is 7.91.